The molecule has 1 aromatic carbocycles. The molecule has 0 saturated heterocycles. The van der Waals surface area contributed by atoms with Gasteiger partial charge in [0.15, 0.2) is 0 Å². The Morgan fingerprint density at radius 2 is 2.14 bits per heavy atom. The van der Waals surface area contributed by atoms with Gasteiger partial charge in [-0.2, -0.15) is 0 Å². The standard InChI is InChI=1S/C9H10ClF2NO/c10-7-2-1-6(8(13)3-7)4-14-5-9(11)12/h1-3,9H,4-5,13H2. The lowest BCUT2D eigenvalue weighted by molar-refractivity contribution is 0.0101. The monoisotopic (exact) mass is 221 g/mol. The van der Waals surface area contributed by atoms with Gasteiger partial charge in [-0.25, -0.2) is 8.78 Å². The minimum Gasteiger partial charge on any atom is -0.398 e. The molecule has 1 rings (SSSR count). The second-order valence-corrected chi connectivity index (χ2v) is 3.19. The minimum atomic E-state index is -2.46. The number of benzene rings is 1. The minimum absolute atomic E-state index is 0.0767. The van der Waals surface area contributed by atoms with Crippen LogP contribution < -0.4 is 5.73 Å². The molecule has 0 fully saturated rings. The lowest BCUT2D eigenvalue weighted by Gasteiger charge is -2.06. The first kappa shape index (κ1) is 11.2. The van der Waals surface area contributed by atoms with Gasteiger partial charge in [-0.05, 0) is 12.1 Å². The summed E-state index contributed by atoms with van der Waals surface area (Å²) in [5.41, 5.74) is 6.70. The van der Waals surface area contributed by atoms with Crippen LogP contribution in [0.15, 0.2) is 18.2 Å². The highest BCUT2D eigenvalue weighted by Crippen LogP contribution is 2.18. The Bertz CT molecular complexity index is 307. The summed E-state index contributed by atoms with van der Waals surface area (Å²) in [7, 11) is 0. The molecule has 0 aliphatic carbocycles. The predicted octanol–water partition coefficient (Wildman–Crippen LogP) is 2.70. The van der Waals surface area contributed by atoms with Crippen LogP contribution in [0.1, 0.15) is 5.56 Å². The van der Waals surface area contributed by atoms with Gasteiger partial charge in [-0.15, -0.1) is 0 Å². The summed E-state index contributed by atoms with van der Waals surface area (Å²) in [6.45, 7) is -0.505. The molecule has 0 atom stereocenters. The van der Waals surface area contributed by atoms with E-state index in [1.54, 1.807) is 18.2 Å². The van der Waals surface area contributed by atoms with Crippen molar-refractivity contribution in [1.29, 1.82) is 0 Å². The van der Waals surface area contributed by atoms with Crippen molar-refractivity contribution in [3.05, 3.63) is 28.8 Å². The zero-order valence-electron chi connectivity index (χ0n) is 7.34. The molecule has 0 unspecified atom stereocenters. The first-order valence-corrected chi connectivity index (χ1v) is 4.37. The third-order valence-electron chi connectivity index (χ3n) is 1.61. The molecule has 0 aromatic heterocycles. The molecule has 14 heavy (non-hydrogen) atoms. The first-order chi connectivity index (χ1) is 6.59. The van der Waals surface area contributed by atoms with Crippen LogP contribution in [0.25, 0.3) is 0 Å². The van der Waals surface area contributed by atoms with Gasteiger partial charge in [-0.3, -0.25) is 0 Å². The molecular formula is C9H10ClF2NO. The summed E-state index contributed by atoms with van der Waals surface area (Å²) >= 11 is 5.66. The Morgan fingerprint density at radius 3 is 2.71 bits per heavy atom. The zero-order chi connectivity index (χ0) is 10.6. The molecule has 0 aliphatic rings. The highest BCUT2D eigenvalue weighted by molar-refractivity contribution is 6.30. The van der Waals surface area contributed by atoms with Crippen LogP contribution in [0, 0.1) is 0 Å². The lowest BCUT2D eigenvalue weighted by Crippen LogP contribution is -2.05. The van der Waals surface area contributed by atoms with Crippen LogP contribution in [0.2, 0.25) is 5.02 Å². The normalized spacial score (nSPS) is 10.9. The van der Waals surface area contributed by atoms with Crippen molar-refractivity contribution in [3.8, 4) is 0 Å². The number of rotatable bonds is 4. The molecule has 0 bridgehead atoms. The Labute approximate surface area is 85.6 Å². The number of hydrogen-bond acceptors (Lipinski definition) is 2. The molecule has 1 aromatic rings. The molecule has 0 saturated carbocycles. The highest BCUT2D eigenvalue weighted by Gasteiger charge is 2.04. The van der Waals surface area contributed by atoms with Crippen LogP contribution in [-0.4, -0.2) is 13.0 Å². The van der Waals surface area contributed by atoms with Gasteiger partial charge in [0, 0.05) is 16.3 Å². The summed E-state index contributed by atoms with van der Waals surface area (Å²) in [6.07, 6.45) is -2.46. The van der Waals surface area contributed by atoms with E-state index in [1.807, 2.05) is 0 Å². The molecule has 2 nitrogen and oxygen atoms in total. The van der Waals surface area contributed by atoms with Gasteiger partial charge in [-0.1, -0.05) is 17.7 Å². The van der Waals surface area contributed by atoms with E-state index in [4.69, 9.17) is 22.1 Å². The van der Waals surface area contributed by atoms with E-state index in [-0.39, 0.29) is 6.61 Å². The second-order valence-electron chi connectivity index (χ2n) is 2.75. The number of alkyl halides is 2. The van der Waals surface area contributed by atoms with Crippen LogP contribution in [0.5, 0.6) is 0 Å². The Hall–Kier alpha value is -0.870. The molecule has 0 heterocycles. The van der Waals surface area contributed by atoms with E-state index in [0.29, 0.717) is 16.3 Å². The van der Waals surface area contributed by atoms with Crippen molar-refractivity contribution >= 4 is 17.3 Å². The largest absolute Gasteiger partial charge is 0.398 e. The maximum absolute atomic E-state index is 11.7. The fourth-order valence-corrected chi connectivity index (χ4v) is 1.14. The quantitative estimate of drug-likeness (QED) is 0.794. The number of nitrogens with two attached hydrogens (primary N) is 1. The zero-order valence-corrected chi connectivity index (χ0v) is 8.10. The molecule has 2 N–H and O–H groups in total. The Kier molecular flexibility index (Phi) is 4.10. The average Bonchev–Trinajstić information content (AvgIpc) is 2.08. The lowest BCUT2D eigenvalue weighted by atomic mass is 10.2. The number of hydrogen-bond donors (Lipinski definition) is 1. The van der Waals surface area contributed by atoms with E-state index >= 15 is 0 Å². The second kappa shape index (κ2) is 5.12. The van der Waals surface area contributed by atoms with E-state index in [2.05, 4.69) is 0 Å². The summed E-state index contributed by atoms with van der Waals surface area (Å²) < 4.78 is 28.2. The maximum atomic E-state index is 11.7. The van der Waals surface area contributed by atoms with Crippen molar-refractivity contribution < 1.29 is 13.5 Å². The summed E-state index contributed by atoms with van der Waals surface area (Å²) in [5, 5.41) is 0.514. The highest BCUT2D eigenvalue weighted by atomic mass is 35.5. The van der Waals surface area contributed by atoms with Crippen LogP contribution in [0.3, 0.4) is 0 Å². The summed E-state index contributed by atoms with van der Waals surface area (Å²) in [6, 6.07) is 4.85. The van der Waals surface area contributed by atoms with Crippen molar-refractivity contribution in [2.45, 2.75) is 13.0 Å². The van der Waals surface area contributed by atoms with Crippen molar-refractivity contribution in [3.63, 3.8) is 0 Å². The number of nitrogen functional groups attached to an aromatic ring is 1. The fourth-order valence-electron chi connectivity index (χ4n) is 0.955. The van der Waals surface area contributed by atoms with Crippen LogP contribution in [0.4, 0.5) is 14.5 Å². The van der Waals surface area contributed by atoms with E-state index in [1.165, 1.54) is 0 Å². The van der Waals surface area contributed by atoms with E-state index in [0.717, 1.165) is 0 Å². The molecule has 0 spiro atoms. The van der Waals surface area contributed by atoms with Gasteiger partial charge in [0.05, 0.1) is 6.61 Å². The predicted molar refractivity (Wildman–Crippen MR) is 51.5 cm³/mol. The Morgan fingerprint density at radius 1 is 1.43 bits per heavy atom. The van der Waals surface area contributed by atoms with Gasteiger partial charge in [0.25, 0.3) is 6.43 Å². The maximum Gasteiger partial charge on any atom is 0.261 e. The fraction of sp³-hybridized carbons (Fsp3) is 0.333. The SMILES string of the molecule is Nc1cc(Cl)ccc1COCC(F)F. The van der Waals surface area contributed by atoms with Crippen molar-refractivity contribution in [2.24, 2.45) is 0 Å². The van der Waals surface area contributed by atoms with Gasteiger partial charge < -0.3 is 10.5 Å². The third-order valence-corrected chi connectivity index (χ3v) is 1.84. The number of anilines is 1. The molecule has 0 aliphatic heterocycles. The topological polar surface area (TPSA) is 35.2 Å². The number of ether oxygens (including phenoxy) is 1. The van der Waals surface area contributed by atoms with Gasteiger partial charge >= 0.3 is 0 Å². The van der Waals surface area contributed by atoms with Crippen LogP contribution >= 0.6 is 11.6 Å². The molecular weight excluding hydrogens is 212 g/mol. The van der Waals surface area contributed by atoms with Gasteiger partial charge in [0.1, 0.15) is 6.61 Å². The Balaban J connectivity index is 2.51. The molecule has 0 radical (unpaired) electrons. The number of halogens is 3. The molecule has 5 heteroatoms. The van der Waals surface area contributed by atoms with Gasteiger partial charge in [0.2, 0.25) is 0 Å². The summed E-state index contributed by atoms with van der Waals surface area (Å²) in [4.78, 5) is 0. The van der Waals surface area contributed by atoms with Crippen molar-refractivity contribution in [1.82, 2.24) is 0 Å². The summed E-state index contributed by atoms with van der Waals surface area (Å²) in [5.74, 6) is 0. The third kappa shape index (κ3) is 3.47. The molecule has 0 amide bonds. The van der Waals surface area contributed by atoms with Crippen LogP contribution in [-0.2, 0) is 11.3 Å². The average molecular weight is 222 g/mol. The van der Waals surface area contributed by atoms with E-state index in [9.17, 15) is 8.78 Å². The molecule has 78 valence electrons. The van der Waals surface area contributed by atoms with Crippen molar-refractivity contribution in [2.75, 3.05) is 12.3 Å². The van der Waals surface area contributed by atoms with E-state index < -0.39 is 13.0 Å². The first-order valence-electron chi connectivity index (χ1n) is 3.99. The smallest absolute Gasteiger partial charge is 0.261 e.